The zero-order chi connectivity index (χ0) is 13.2. The van der Waals surface area contributed by atoms with Crippen LogP contribution in [0, 0.1) is 0 Å². The monoisotopic (exact) mass is 253 g/mol. The summed E-state index contributed by atoms with van der Waals surface area (Å²) >= 11 is 0. The predicted molar refractivity (Wildman–Crippen MR) is 60.5 cm³/mol. The highest BCUT2D eigenvalue weighted by atomic mass is 16.6. The Morgan fingerprint density at radius 3 is 2.78 bits per heavy atom. The highest BCUT2D eigenvalue weighted by Gasteiger charge is 2.36. The molecule has 2 aliphatic heterocycles. The lowest BCUT2D eigenvalue weighted by molar-refractivity contribution is -0.147. The van der Waals surface area contributed by atoms with Gasteiger partial charge in [-0.25, -0.2) is 14.5 Å². The molecule has 0 aliphatic carbocycles. The summed E-state index contributed by atoms with van der Waals surface area (Å²) in [4.78, 5) is 35.2. The molecule has 0 aromatic heterocycles. The van der Waals surface area contributed by atoms with Gasteiger partial charge in [0.1, 0.15) is 12.2 Å². The topological polar surface area (TPSA) is 72.9 Å². The van der Waals surface area contributed by atoms with Gasteiger partial charge in [0.25, 0.3) is 0 Å². The van der Waals surface area contributed by atoms with Crippen LogP contribution in [0.3, 0.4) is 0 Å². The smallest absolute Gasteiger partial charge is 0.416 e. The van der Waals surface area contributed by atoms with Crippen LogP contribution in [0.4, 0.5) is 4.79 Å². The van der Waals surface area contributed by atoms with Gasteiger partial charge in [-0.1, -0.05) is 6.92 Å². The van der Waals surface area contributed by atoms with E-state index in [2.05, 4.69) is 0 Å². The van der Waals surface area contributed by atoms with Crippen LogP contribution in [0.5, 0.6) is 0 Å². The van der Waals surface area contributed by atoms with Crippen LogP contribution in [-0.2, 0) is 19.1 Å². The fourth-order valence-corrected chi connectivity index (χ4v) is 2.06. The van der Waals surface area contributed by atoms with Crippen LogP contribution in [0.15, 0.2) is 12.2 Å². The van der Waals surface area contributed by atoms with Crippen LogP contribution in [0.25, 0.3) is 0 Å². The van der Waals surface area contributed by atoms with E-state index in [0.29, 0.717) is 19.4 Å². The number of amides is 2. The molecule has 2 amide bonds. The van der Waals surface area contributed by atoms with Crippen molar-refractivity contribution in [2.24, 2.45) is 0 Å². The summed E-state index contributed by atoms with van der Waals surface area (Å²) in [5.41, 5.74) is -0.698. The fraction of sp³-hybridized carbons (Fsp3) is 0.583. The largest absolute Gasteiger partial charge is 0.452 e. The highest BCUT2D eigenvalue weighted by molar-refractivity contribution is 5.93. The first-order valence-electron chi connectivity index (χ1n) is 5.96. The molecule has 0 spiro atoms. The Labute approximate surface area is 105 Å². The Balaban J connectivity index is 1.91. The second-order valence-corrected chi connectivity index (χ2v) is 4.33. The standard InChI is InChI=1S/C12H15NO5/c1-2-12(6-4-10(15)18-12)5-3-9(14)13-7-8-17-11(13)16/h4,6H,2-3,5,7-8H2,1H3/t12-/m1/s1. The summed E-state index contributed by atoms with van der Waals surface area (Å²) in [6, 6.07) is 0. The first-order valence-corrected chi connectivity index (χ1v) is 5.96. The van der Waals surface area contributed by atoms with E-state index in [9.17, 15) is 14.4 Å². The number of carbonyl (C=O) groups is 3. The molecule has 98 valence electrons. The Bertz CT molecular complexity index is 417. The molecule has 1 fully saturated rings. The first kappa shape index (κ1) is 12.6. The maximum atomic E-state index is 11.8. The Kier molecular flexibility index (Phi) is 3.36. The van der Waals surface area contributed by atoms with E-state index in [1.54, 1.807) is 6.08 Å². The predicted octanol–water partition coefficient (Wildman–Crippen LogP) is 1.01. The summed E-state index contributed by atoms with van der Waals surface area (Å²) < 4.78 is 9.89. The van der Waals surface area contributed by atoms with Crippen molar-refractivity contribution in [1.29, 1.82) is 0 Å². The molecule has 0 saturated carbocycles. The van der Waals surface area contributed by atoms with Gasteiger partial charge in [-0.2, -0.15) is 0 Å². The first-order chi connectivity index (χ1) is 8.56. The number of esters is 1. The average Bonchev–Trinajstić information content (AvgIpc) is 2.94. The molecule has 6 heteroatoms. The number of carbonyl (C=O) groups excluding carboxylic acids is 3. The molecule has 18 heavy (non-hydrogen) atoms. The Hall–Kier alpha value is -1.85. The van der Waals surface area contributed by atoms with Crippen LogP contribution in [-0.4, -0.2) is 41.6 Å². The third-order valence-corrected chi connectivity index (χ3v) is 3.25. The maximum absolute atomic E-state index is 11.8. The van der Waals surface area contributed by atoms with Gasteiger partial charge < -0.3 is 9.47 Å². The van der Waals surface area contributed by atoms with Crippen molar-refractivity contribution < 1.29 is 23.9 Å². The van der Waals surface area contributed by atoms with Crippen LogP contribution in [0.2, 0.25) is 0 Å². The molecule has 2 heterocycles. The summed E-state index contributed by atoms with van der Waals surface area (Å²) in [6.45, 7) is 2.43. The summed E-state index contributed by atoms with van der Waals surface area (Å²) in [7, 11) is 0. The quantitative estimate of drug-likeness (QED) is 0.699. The van der Waals surface area contributed by atoms with E-state index in [1.807, 2.05) is 6.92 Å². The maximum Gasteiger partial charge on any atom is 0.416 e. The minimum atomic E-state index is -0.698. The van der Waals surface area contributed by atoms with Crippen LogP contribution in [0.1, 0.15) is 26.2 Å². The molecule has 6 nitrogen and oxygen atoms in total. The number of rotatable bonds is 4. The summed E-state index contributed by atoms with van der Waals surface area (Å²) in [5.74, 6) is -0.674. The van der Waals surface area contributed by atoms with Gasteiger partial charge in [0.15, 0.2) is 0 Å². The van der Waals surface area contributed by atoms with Gasteiger partial charge in [-0.3, -0.25) is 4.79 Å². The number of imide groups is 1. The average molecular weight is 253 g/mol. The molecule has 0 radical (unpaired) electrons. The number of ether oxygens (including phenoxy) is 2. The van der Waals surface area contributed by atoms with E-state index in [0.717, 1.165) is 4.90 Å². The zero-order valence-electron chi connectivity index (χ0n) is 10.2. The van der Waals surface area contributed by atoms with Gasteiger partial charge >= 0.3 is 12.1 Å². The summed E-state index contributed by atoms with van der Waals surface area (Å²) in [6.07, 6.45) is 3.61. The normalized spacial score (nSPS) is 26.4. The minimum Gasteiger partial charge on any atom is -0.452 e. The molecule has 1 saturated heterocycles. The van der Waals surface area contributed by atoms with E-state index >= 15 is 0 Å². The molecule has 0 unspecified atom stereocenters. The lowest BCUT2D eigenvalue weighted by Gasteiger charge is -2.25. The molecule has 0 N–H and O–H groups in total. The Morgan fingerprint density at radius 2 is 2.28 bits per heavy atom. The molecular formula is C12H15NO5. The van der Waals surface area contributed by atoms with Gasteiger partial charge in [0.2, 0.25) is 5.91 Å². The zero-order valence-corrected chi connectivity index (χ0v) is 10.2. The van der Waals surface area contributed by atoms with Crippen LogP contribution >= 0.6 is 0 Å². The van der Waals surface area contributed by atoms with Crippen molar-refractivity contribution in [3.05, 3.63) is 12.2 Å². The molecular weight excluding hydrogens is 238 g/mol. The lowest BCUT2D eigenvalue weighted by Crippen LogP contribution is -2.34. The third kappa shape index (κ3) is 2.37. The van der Waals surface area contributed by atoms with Crippen molar-refractivity contribution >= 4 is 18.0 Å². The van der Waals surface area contributed by atoms with Crippen molar-refractivity contribution in [2.75, 3.05) is 13.2 Å². The second-order valence-electron chi connectivity index (χ2n) is 4.33. The Morgan fingerprint density at radius 1 is 1.50 bits per heavy atom. The summed E-state index contributed by atoms with van der Waals surface area (Å²) in [5, 5.41) is 0. The fourth-order valence-electron chi connectivity index (χ4n) is 2.06. The SMILES string of the molecule is CC[C@@]1(CCC(=O)N2CCOC2=O)C=CC(=O)O1. The van der Waals surface area contributed by atoms with Crippen LogP contribution < -0.4 is 0 Å². The molecule has 0 aromatic rings. The number of nitrogens with zero attached hydrogens (tertiary/aromatic N) is 1. The van der Waals surface area contributed by atoms with E-state index in [-0.39, 0.29) is 24.9 Å². The van der Waals surface area contributed by atoms with E-state index in [4.69, 9.17) is 9.47 Å². The van der Waals surface area contributed by atoms with Crippen molar-refractivity contribution in [3.63, 3.8) is 0 Å². The van der Waals surface area contributed by atoms with Gasteiger partial charge in [0.05, 0.1) is 6.54 Å². The molecule has 0 bridgehead atoms. The van der Waals surface area contributed by atoms with Crippen molar-refractivity contribution in [1.82, 2.24) is 4.90 Å². The number of hydrogen-bond donors (Lipinski definition) is 0. The number of cyclic esters (lactones) is 2. The minimum absolute atomic E-state index is 0.153. The van der Waals surface area contributed by atoms with Crippen molar-refractivity contribution in [3.8, 4) is 0 Å². The number of hydrogen-bond acceptors (Lipinski definition) is 5. The highest BCUT2D eigenvalue weighted by Crippen LogP contribution is 2.29. The van der Waals surface area contributed by atoms with Gasteiger partial charge in [-0.05, 0) is 18.9 Å². The molecule has 2 rings (SSSR count). The van der Waals surface area contributed by atoms with E-state index < -0.39 is 11.7 Å². The van der Waals surface area contributed by atoms with Crippen molar-refractivity contribution in [2.45, 2.75) is 31.8 Å². The van der Waals surface area contributed by atoms with Gasteiger partial charge in [-0.15, -0.1) is 0 Å². The lowest BCUT2D eigenvalue weighted by atomic mass is 9.94. The molecule has 2 aliphatic rings. The molecule has 0 aromatic carbocycles. The van der Waals surface area contributed by atoms with Gasteiger partial charge in [0, 0.05) is 12.5 Å². The second kappa shape index (κ2) is 4.80. The third-order valence-electron chi connectivity index (χ3n) is 3.25. The molecule has 1 atom stereocenters. The van der Waals surface area contributed by atoms with E-state index in [1.165, 1.54) is 6.08 Å².